The maximum atomic E-state index is 13.3. The van der Waals surface area contributed by atoms with Crippen molar-refractivity contribution in [1.29, 1.82) is 0 Å². The highest BCUT2D eigenvalue weighted by Crippen LogP contribution is 2.22. The standard InChI is InChI=1S/2C25H34FN3O2.C4H6O6/c2*1-19(2)18-31-24-10-6-20(7-11-24)16-27-25(30)29(23-12-14-28(3)15-13-23)17-21-4-8-22(26)9-5-21;5-1(3(7)8)2(6)4(9)10/h2*4-11,19,23H,12-18H2,1-3H3,(H,27,30);1-2,5-6H,(H,7,8)(H,9,10)/i2*18D2;. The van der Waals surface area contributed by atoms with E-state index in [-0.39, 0.29) is 47.6 Å². The number of aliphatic hydroxyl groups is 2. The summed E-state index contributed by atoms with van der Waals surface area (Å²) in [6.07, 6.45) is -0.941. The molecule has 2 fully saturated rings. The molecular formula is C54H74F2N6O10. The normalized spacial score (nSPS) is 16.4. The lowest BCUT2D eigenvalue weighted by molar-refractivity contribution is -0.165. The minimum atomic E-state index is -2.27. The largest absolute Gasteiger partial charge is 0.493 e. The second kappa shape index (κ2) is 29.9. The van der Waals surface area contributed by atoms with Crippen LogP contribution in [-0.4, -0.2) is 142 Å². The Morgan fingerprint density at radius 3 is 1.14 bits per heavy atom. The molecule has 4 aromatic rings. The van der Waals surface area contributed by atoms with Gasteiger partial charge >= 0.3 is 24.0 Å². The zero-order valence-corrected chi connectivity index (χ0v) is 42.0. The van der Waals surface area contributed by atoms with E-state index in [1.807, 2.05) is 34.1 Å². The number of ether oxygens (including phenoxy) is 2. The van der Waals surface area contributed by atoms with Gasteiger partial charge in [0, 0.05) is 38.3 Å². The number of aliphatic hydroxyl groups excluding tert-OH is 2. The first-order chi connectivity index (χ1) is 35.7. The number of piperidine rings is 2. The smallest absolute Gasteiger partial charge is 0.335 e. The van der Waals surface area contributed by atoms with Crippen molar-refractivity contribution in [3.05, 3.63) is 131 Å². The Labute approximate surface area is 428 Å². The number of urea groups is 2. The van der Waals surface area contributed by atoms with Crippen molar-refractivity contribution in [3.63, 3.8) is 0 Å². The summed E-state index contributed by atoms with van der Waals surface area (Å²) >= 11 is 0. The molecule has 4 aromatic carbocycles. The molecular weight excluding hydrogens is 931 g/mol. The fourth-order valence-corrected chi connectivity index (χ4v) is 7.47. The number of nitrogens with one attached hydrogen (secondary N) is 2. The molecule has 18 heteroatoms. The van der Waals surface area contributed by atoms with Crippen molar-refractivity contribution in [1.82, 2.24) is 30.2 Å². The second-order valence-electron chi connectivity index (χ2n) is 18.5. The molecule has 2 unspecified atom stereocenters. The third-order valence-electron chi connectivity index (χ3n) is 11.7. The van der Waals surface area contributed by atoms with E-state index in [4.69, 9.17) is 35.4 Å². The summed E-state index contributed by atoms with van der Waals surface area (Å²) in [6.45, 7) is 8.88. The zero-order chi connectivity index (χ0) is 56.3. The summed E-state index contributed by atoms with van der Waals surface area (Å²) < 4.78 is 69.3. The highest BCUT2D eigenvalue weighted by molar-refractivity contribution is 5.83. The van der Waals surface area contributed by atoms with E-state index < -0.39 is 37.3 Å². The molecule has 2 aliphatic heterocycles. The SMILES string of the molecule is O=C(O)C(O)C(O)C(=O)O.[2H]C([2H])(Oc1ccc(CNC(=O)N(Cc2ccc(F)cc2)C2CCN(C)CC2)cc1)C(C)C.[2H]C([2H])(Oc1ccc(CNC(=O)N(Cc2ccc(F)cc2)C2CCN(C)CC2)cc1)C(C)C. The summed E-state index contributed by atoms with van der Waals surface area (Å²) in [6, 6.07) is 26.7. The molecule has 2 atom stereocenters. The lowest BCUT2D eigenvalue weighted by atomic mass is 10.0. The van der Waals surface area contributed by atoms with Crippen LogP contribution in [0.25, 0.3) is 0 Å². The number of carboxylic acids is 2. The van der Waals surface area contributed by atoms with Gasteiger partial charge in [0.1, 0.15) is 23.1 Å². The van der Waals surface area contributed by atoms with Crippen molar-refractivity contribution < 1.29 is 63.3 Å². The summed E-state index contributed by atoms with van der Waals surface area (Å²) in [5.74, 6) is -3.76. The number of carbonyl (C=O) groups excluding carboxylic acids is 2. The molecule has 0 saturated carbocycles. The van der Waals surface area contributed by atoms with Gasteiger partial charge in [-0.2, -0.15) is 0 Å². The third kappa shape index (κ3) is 20.8. The molecule has 2 aliphatic rings. The minimum Gasteiger partial charge on any atom is -0.493 e. The summed E-state index contributed by atoms with van der Waals surface area (Å²) in [4.78, 5) is 54.1. The molecule has 4 amide bonds. The fraction of sp³-hybridized carbons (Fsp3) is 0.481. The number of rotatable bonds is 19. The first kappa shape index (κ1) is 52.0. The maximum absolute atomic E-state index is 13.3. The van der Waals surface area contributed by atoms with Crippen LogP contribution < -0.4 is 20.1 Å². The molecule has 0 radical (unpaired) electrons. The van der Waals surface area contributed by atoms with Crippen LogP contribution in [-0.2, 0) is 35.8 Å². The molecule has 0 aromatic heterocycles. The van der Waals surface area contributed by atoms with Crippen molar-refractivity contribution >= 4 is 24.0 Å². The van der Waals surface area contributed by atoms with Gasteiger partial charge in [0.2, 0.25) is 0 Å². The Hall–Kier alpha value is -6.34. The summed E-state index contributed by atoms with van der Waals surface area (Å²) in [7, 11) is 4.17. The average Bonchev–Trinajstić information content (AvgIpc) is 3.38. The van der Waals surface area contributed by atoms with Crippen LogP contribution in [0.4, 0.5) is 18.4 Å². The lowest BCUT2D eigenvalue weighted by Crippen LogP contribution is -2.49. The van der Waals surface area contributed by atoms with Gasteiger partial charge in [-0.25, -0.2) is 28.0 Å². The summed E-state index contributed by atoms with van der Waals surface area (Å²) in [5.41, 5.74) is 3.58. The number of amides is 4. The van der Waals surface area contributed by atoms with Gasteiger partial charge in [0.15, 0.2) is 12.2 Å². The molecule has 2 saturated heterocycles. The number of aliphatic carboxylic acids is 2. The quantitative estimate of drug-likeness (QED) is 0.0552. The number of carbonyl (C=O) groups is 4. The van der Waals surface area contributed by atoms with Gasteiger partial charge < -0.3 is 60.1 Å². The summed E-state index contributed by atoms with van der Waals surface area (Å²) in [5, 5.41) is 38.5. The van der Waals surface area contributed by atoms with Crippen LogP contribution in [0.5, 0.6) is 11.5 Å². The van der Waals surface area contributed by atoms with Crippen LogP contribution in [0.3, 0.4) is 0 Å². The van der Waals surface area contributed by atoms with Crippen LogP contribution >= 0.6 is 0 Å². The van der Waals surface area contributed by atoms with Gasteiger partial charge in [-0.05, 0) is 149 Å². The lowest BCUT2D eigenvalue weighted by Gasteiger charge is -2.37. The van der Waals surface area contributed by atoms with Gasteiger partial charge in [-0.1, -0.05) is 76.2 Å². The Morgan fingerprint density at radius 2 is 0.861 bits per heavy atom. The van der Waals surface area contributed by atoms with Gasteiger partial charge in [-0.3, -0.25) is 0 Å². The number of hydrogen-bond acceptors (Lipinski definition) is 10. The predicted octanol–water partition coefficient (Wildman–Crippen LogP) is 7.21. The fourth-order valence-electron chi connectivity index (χ4n) is 7.47. The molecule has 394 valence electrons. The van der Waals surface area contributed by atoms with Crippen LogP contribution in [0, 0.1) is 23.5 Å². The zero-order valence-electron chi connectivity index (χ0n) is 46.0. The number of benzene rings is 4. The van der Waals surface area contributed by atoms with E-state index >= 15 is 0 Å². The Morgan fingerprint density at radius 1 is 0.569 bits per heavy atom. The first-order valence-corrected chi connectivity index (χ1v) is 24.1. The van der Waals surface area contributed by atoms with Crippen molar-refractivity contribution in [3.8, 4) is 11.5 Å². The molecule has 6 rings (SSSR count). The monoisotopic (exact) mass is 1010 g/mol. The van der Waals surface area contributed by atoms with Crippen molar-refractivity contribution in [2.45, 2.75) is 104 Å². The van der Waals surface area contributed by atoms with Crippen LogP contribution in [0.15, 0.2) is 97.1 Å². The van der Waals surface area contributed by atoms with Crippen molar-refractivity contribution in [2.24, 2.45) is 11.8 Å². The molecule has 0 aliphatic carbocycles. The number of hydrogen-bond donors (Lipinski definition) is 6. The van der Waals surface area contributed by atoms with Crippen LogP contribution in [0.2, 0.25) is 0 Å². The highest BCUT2D eigenvalue weighted by atomic mass is 19.1. The Kier molecular flexibility index (Phi) is 21.6. The number of carboxylic acid groups (broad SMARTS) is 2. The topological polar surface area (TPSA) is 205 Å². The van der Waals surface area contributed by atoms with E-state index in [0.717, 1.165) is 74.1 Å². The highest BCUT2D eigenvalue weighted by Gasteiger charge is 2.30. The van der Waals surface area contributed by atoms with Gasteiger partial charge in [0.05, 0.1) is 18.6 Å². The second-order valence-corrected chi connectivity index (χ2v) is 18.5. The average molecular weight is 1010 g/mol. The minimum absolute atomic E-state index is 0.125. The Bertz CT molecular complexity index is 2260. The van der Waals surface area contributed by atoms with Crippen LogP contribution in [0.1, 0.15) is 81.1 Å². The molecule has 6 N–H and O–H groups in total. The maximum Gasteiger partial charge on any atom is 0.335 e. The van der Waals surface area contributed by atoms with E-state index in [1.54, 1.807) is 76.2 Å². The van der Waals surface area contributed by atoms with E-state index in [9.17, 15) is 28.0 Å². The predicted molar refractivity (Wildman–Crippen MR) is 270 cm³/mol. The van der Waals surface area contributed by atoms with Crippen molar-refractivity contribution in [2.75, 3.05) is 53.4 Å². The molecule has 2 heterocycles. The molecule has 0 bridgehead atoms. The van der Waals surface area contributed by atoms with E-state index in [0.29, 0.717) is 37.7 Å². The number of likely N-dealkylation sites (tertiary alicyclic amines) is 2. The third-order valence-corrected chi connectivity index (χ3v) is 11.7. The number of nitrogens with zero attached hydrogens (tertiary/aromatic N) is 4. The number of halogens is 2. The van der Waals surface area contributed by atoms with Gasteiger partial charge in [-0.15, -0.1) is 0 Å². The van der Waals surface area contributed by atoms with E-state index in [1.165, 1.54) is 24.3 Å². The molecule has 72 heavy (non-hydrogen) atoms. The first-order valence-electron chi connectivity index (χ1n) is 26.1. The Balaban J connectivity index is 0.000000279. The van der Waals surface area contributed by atoms with Gasteiger partial charge in [0.25, 0.3) is 0 Å². The molecule has 0 spiro atoms. The van der Waals surface area contributed by atoms with E-state index in [2.05, 4.69) is 34.5 Å². The molecule has 16 nitrogen and oxygen atoms in total.